The molecule has 1 aliphatic carbocycles. The number of rotatable bonds is 0. The van der Waals surface area contributed by atoms with Crippen LogP contribution in [0.1, 0.15) is 31.2 Å². The van der Waals surface area contributed by atoms with Gasteiger partial charge in [-0.1, -0.05) is 18.9 Å². The predicted molar refractivity (Wildman–Crippen MR) is 69.5 cm³/mol. The molecule has 19 heavy (non-hydrogen) atoms. The van der Waals surface area contributed by atoms with Crippen molar-refractivity contribution in [3.63, 3.8) is 0 Å². The van der Waals surface area contributed by atoms with Crippen LogP contribution in [0, 0.1) is 0 Å². The van der Waals surface area contributed by atoms with Crippen LogP contribution in [0.25, 0.3) is 0 Å². The number of alkyl halides is 3. The fraction of sp³-hybridized carbons (Fsp3) is 0.571. The third-order valence-corrected chi connectivity index (χ3v) is 4.55. The maximum atomic E-state index is 13.0. The molecule has 0 radical (unpaired) electrons. The Bertz CT molecular complexity index is 490. The minimum absolute atomic E-state index is 0.00276. The molecule has 2 nitrogen and oxygen atoms in total. The molecule has 3 rings (SSSR count). The monoisotopic (exact) mass is 270 g/mol. The Morgan fingerprint density at radius 3 is 2.53 bits per heavy atom. The summed E-state index contributed by atoms with van der Waals surface area (Å²) in [5.74, 6) is 0. The number of hydrogen-bond donors (Lipinski definition) is 1. The van der Waals surface area contributed by atoms with Gasteiger partial charge in [0.05, 0.1) is 22.5 Å². The summed E-state index contributed by atoms with van der Waals surface area (Å²) in [7, 11) is 1.92. The smallest absolute Gasteiger partial charge is 0.381 e. The van der Waals surface area contributed by atoms with Crippen molar-refractivity contribution in [1.82, 2.24) is 0 Å². The second-order valence-electron chi connectivity index (χ2n) is 5.54. The number of benzene rings is 1. The lowest BCUT2D eigenvalue weighted by atomic mass is 9.91. The molecule has 0 saturated heterocycles. The van der Waals surface area contributed by atoms with Crippen molar-refractivity contribution in [2.45, 2.75) is 37.4 Å². The van der Waals surface area contributed by atoms with Crippen molar-refractivity contribution in [2.24, 2.45) is 0 Å². The highest BCUT2D eigenvalue weighted by molar-refractivity contribution is 5.77. The zero-order valence-electron chi connectivity index (χ0n) is 10.8. The maximum Gasteiger partial charge on any atom is 0.418 e. The van der Waals surface area contributed by atoms with Gasteiger partial charge in [0.25, 0.3) is 0 Å². The van der Waals surface area contributed by atoms with Gasteiger partial charge >= 0.3 is 6.18 Å². The van der Waals surface area contributed by atoms with Crippen LogP contribution in [0.15, 0.2) is 18.2 Å². The van der Waals surface area contributed by atoms with E-state index in [1.807, 2.05) is 7.05 Å². The van der Waals surface area contributed by atoms with Crippen LogP contribution in [-0.4, -0.2) is 19.1 Å². The molecule has 1 spiro atoms. The molecule has 0 atom stereocenters. The molecule has 1 heterocycles. The van der Waals surface area contributed by atoms with Crippen LogP contribution < -0.4 is 10.2 Å². The van der Waals surface area contributed by atoms with Gasteiger partial charge in [-0.25, -0.2) is 0 Å². The summed E-state index contributed by atoms with van der Waals surface area (Å²) in [5, 5.41) is 3.04. The van der Waals surface area contributed by atoms with Gasteiger partial charge in [-0.2, -0.15) is 13.2 Å². The van der Waals surface area contributed by atoms with E-state index in [0.29, 0.717) is 12.2 Å². The van der Waals surface area contributed by atoms with E-state index < -0.39 is 11.7 Å². The van der Waals surface area contributed by atoms with Gasteiger partial charge in [0, 0.05) is 13.6 Å². The van der Waals surface area contributed by atoms with E-state index in [-0.39, 0.29) is 11.2 Å². The normalized spacial score (nSPS) is 21.4. The number of likely N-dealkylation sites (N-methyl/N-ethyl adjacent to an activating group) is 1. The molecule has 5 heteroatoms. The molecule has 1 aromatic carbocycles. The number of anilines is 2. The molecule has 0 aromatic heterocycles. The fourth-order valence-corrected chi connectivity index (χ4v) is 3.41. The number of halogens is 3. The minimum Gasteiger partial charge on any atom is -0.381 e. The van der Waals surface area contributed by atoms with Crippen LogP contribution in [0.4, 0.5) is 24.5 Å². The van der Waals surface area contributed by atoms with E-state index in [0.717, 1.165) is 31.7 Å². The van der Waals surface area contributed by atoms with Gasteiger partial charge in [0.2, 0.25) is 0 Å². The summed E-state index contributed by atoms with van der Waals surface area (Å²) in [4.78, 5) is 2.06. The molecule has 1 aliphatic heterocycles. The van der Waals surface area contributed by atoms with Crippen molar-refractivity contribution >= 4 is 11.4 Å². The summed E-state index contributed by atoms with van der Waals surface area (Å²) in [6, 6.07) is 4.41. The fourth-order valence-electron chi connectivity index (χ4n) is 3.41. The van der Waals surface area contributed by atoms with E-state index in [9.17, 15) is 13.2 Å². The topological polar surface area (TPSA) is 15.3 Å². The largest absolute Gasteiger partial charge is 0.418 e. The Labute approximate surface area is 110 Å². The number of nitrogens with one attached hydrogen (secondary N) is 1. The van der Waals surface area contributed by atoms with Crippen molar-refractivity contribution < 1.29 is 13.2 Å². The molecule has 2 aliphatic rings. The number of fused-ring (bicyclic) bond motifs is 1. The van der Waals surface area contributed by atoms with Crippen LogP contribution in [0.3, 0.4) is 0 Å². The summed E-state index contributed by atoms with van der Waals surface area (Å²) in [6.45, 7) is 0.601. The second kappa shape index (κ2) is 4.05. The van der Waals surface area contributed by atoms with Crippen molar-refractivity contribution in [1.29, 1.82) is 0 Å². The quantitative estimate of drug-likeness (QED) is 0.769. The van der Waals surface area contributed by atoms with Crippen molar-refractivity contribution in [3.05, 3.63) is 23.8 Å². The summed E-state index contributed by atoms with van der Waals surface area (Å²) < 4.78 is 39.0. The molecule has 0 bridgehead atoms. The van der Waals surface area contributed by atoms with Crippen molar-refractivity contribution in [2.75, 3.05) is 23.8 Å². The van der Waals surface area contributed by atoms with E-state index in [4.69, 9.17) is 0 Å². The average molecular weight is 270 g/mol. The highest BCUT2D eigenvalue weighted by atomic mass is 19.4. The zero-order valence-corrected chi connectivity index (χ0v) is 10.8. The summed E-state index contributed by atoms with van der Waals surface area (Å²) >= 11 is 0. The molecule has 1 aromatic rings. The number of hydrogen-bond acceptors (Lipinski definition) is 2. The summed E-state index contributed by atoms with van der Waals surface area (Å²) in [6.07, 6.45) is 0.0956. The maximum absolute atomic E-state index is 13.0. The second-order valence-corrected chi connectivity index (χ2v) is 5.54. The Balaban J connectivity index is 2.06. The first-order valence-electron chi connectivity index (χ1n) is 6.62. The van der Waals surface area contributed by atoms with Gasteiger partial charge in [-0.15, -0.1) is 0 Å². The zero-order chi connectivity index (χ0) is 13.7. The third-order valence-electron chi connectivity index (χ3n) is 4.55. The molecule has 0 unspecified atom stereocenters. The first-order chi connectivity index (χ1) is 8.94. The SMILES string of the molecule is CN1c2cccc(C(F)(F)F)c2NCC12CCCC2. The standard InChI is InChI=1S/C14H17F3N2/c1-19-11-6-4-5-10(14(15,16)17)12(11)18-9-13(19)7-2-3-8-13/h4-6,18H,2-3,7-9H2,1H3. The Hall–Kier alpha value is -1.39. The van der Waals surface area contributed by atoms with Gasteiger partial charge in [0.15, 0.2) is 0 Å². The van der Waals surface area contributed by atoms with Gasteiger partial charge < -0.3 is 10.2 Å². The minimum atomic E-state index is -4.31. The van der Waals surface area contributed by atoms with E-state index in [1.54, 1.807) is 6.07 Å². The van der Waals surface area contributed by atoms with Gasteiger partial charge in [-0.05, 0) is 25.0 Å². The van der Waals surface area contributed by atoms with E-state index in [1.165, 1.54) is 6.07 Å². The highest BCUT2D eigenvalue weighted by Gasteiger charge is 2.44. The molecule has 1 fully saturated rings. The van der Waals surface area contributed by atoms with E-state index >= 15 is 0 Å². The van der Waals surface area contributed by atoms with E-state index in [2.05, 4.69) is 10.2 Å². The average Bonchev–Trinajstić information content (AvgIpc) is 2.82. The van der Waals surface area contributed by atoms with Gasteiger partial charge in [0.1, 0.15) is 0 Å². The first kappa shape index (κ1) is 12.6. The molecular formula is C14H17F3N2. The molecule has 1 N–H and O–H groups in total. The van der Waals surface area contributed by atoms with Crippen molar-refractivity contribution in [3.8, 4) is 0 Å². The lowest BCUT2D eigenvalue weighted by Crippen LogP contribution is -2.53. The Morgan fingerprint density at radius 2 is 1.89 bits per heavy atom. The summed E-state index contributed by atoms with van der Waals surface area (Å²) in [5.41, 5.74) is 0.333. The molecular weight excluding hydrogens is 253 g/mol. The van der Waals surface area contributed by atoms with Crippen LogP contribution in [0.5, 0.6) is 0 Å². The molecule has 1 saturated carbocycles. The molecule has 0 amide bonds. The highest BCUT2D eigenvalue weighted by Crippen LogP contribution is 2.47. The predicted octanol–water partition coefficient (Wildman–Crippen LogP) is 3.88. The lowest BCUT2D eigenvalue weighted by Gasteiger charge is -2.46. The molecule has 104 valence electrons. The number of para-hydroxylation sites is 1. The third kappa shape index (κ3) is 1.86. The van der Waals surface area contributed by atoms with Gasteiger partial charge in [-0.3, -0.25) is 0 Å². The van der Waals surface area contributed by atoms with Crippen LogP contribution >= 0.6 is 0 Å². The Kier molecular flexibility index (Phi) is 2.69. The number of nitrogens with zero attached hydrogens (tertiary/aromatic N) is 1. The van der Waals surface area contributed by atoms with Crippen LogP contribution in [0.2, 0.25) is 0 Å². The van der Waals surface area contributed by atoms with Crippen LogP contribution in [-0.2, 0) is 6.18 Å². The first-order valence-corrected chi connectivity index (χ1v) is 6.62. The Morgan fingerprint density at radius 1 is 1.21 bits per heavy atom. The lowest BCUT2D eigenvalue weighted by molar-refractivity contribution is -0.137.